The van der Waals surface area contributed by atoms with Crippen LogP contribution in [0.4, 0.5) is 20.2 Å². The van der Waals surface area contributed by atoms with Crippen molar-refractivity contribution in [2.45, 2.75) is 37.6 Å². The molecule has 0 bridgehead atoms. The second-order valence-electron chi connectivity index (χ2n) is 6.92. The summed E-state index contributed by atoms with van der Waals surface area (Å²) in [6, 6.07) is 1.29. The Kier molecular flexibility index (Phi) is 3.78. The normalized spacial score (nSPS) is 27.5. The molecule has 8 heteroatoms. The van der Waals surface area contributed by atoms with E-state index in [-0.39, 0.29) is 13.1 Å². The zero-order chi connectivity index (χ0) is 17.0. The number of hydrogen-bond acceptors (Lipinski definition) is 6. The molecule has 3 aliphatic rings. The lowest BCUT2D eigenvalue weighted by Crippen LogP contribution is -2.47. The maximum Gasteiger partial charge on any atom is 0.168 e. The van der Waals surface area contributed by atoms with Crippen molar-refractivity contribution in [1.29, 1.82) is 0 Å². The molecule has 6 nitrogen and oxygen atoms in total. The van der Waals surface area contributed by atoms with Crippen LogP contribution in [0.5, 0.6) is 5.75 Å². The first-order valence-electron chi connectivity index (χ1n) is 8.29. The summed E-state index contributed by atoms with van der Waals surface area (Å²) in [5.41, 5.74) is 7.77. The predicted molar refractivity (Wildman–Crippen MR) is 88.1 cm³/mol. The minimum atomic E-state index is -1.16. The minimum Gasteiger partial charge on any atom is -0.492 e. The molecule has 4 rings (SSSR count). The molecule has 2 aliphatic heterocycles. The number of methoxy groups -OCH3 is 1. The lowest BCUT2D eigenvalue weighted by molar-refractivity contribution is 0.255. The van der Waals surface area contributed by atoms with Gasteiger partial charge in [-0.1, -0.05) is 0 Å². The van der Waals surface area contributed by atoms with Gasteiger partial charge in [0.05, 0.1) is 32.1 Å². The van der Waals surface area contributed by atoms with Crippen LogP contribution in [0.3, 0.4) is 0 Å². The first-order valence-corrected chi connectivity index (χ1v) is 8.29. The molecule has 1 saturated carbocycles. The molecule has 132 valence electrons. The molecule has 2 heterocycles. The van der Waals surface area contributed by atoms with Crippen LogP contribution in [0.1, 0.15) is 18.4 Å². The van der Waals surface area contributed by atoms with Crippen LogP contribution < -0.4 is 26.1 Å². The number of ether oxygens (including phenoxy) is 1. The largest absolute Gasteiger partial charge is 0.492 e. The molecule has 2 atom stereocenters. The Morgan fingerprint density at radius 3 is 2.58 bits per heavy atom. The van der Waals surface area contributed by atoms with Crippen molar-refractivity contribution in [1.82, 2.24) is 5.01 Å². The Hall–Kier alpha value is -1.64. The minimum absolute atomic E-state index is 0.0830. The third-order valence-corrected chi connectivity index (χ3v) is 5.05. The van der Waals surface area contributed by atoms with Crippen molar-refractivity contribution in [3.63, 3.8) is 0 Å². The number of benzene rings is 1. The first-order chi connectivity index (χ1) is 11.5. The average molecular weight is 339 g/mol. The number of hydrogen-bond donors (Lipinski definition) is 2. The number of anilines is 2. The van der Waals surface area contributed by atoms with Gasteiger partial charge >= 0.3 is 0 Å². The number of halogens is 2. The Bertz CT molecular complexity index is 644. The van der Waals surface area contributed by atoms with E-state index in [4.69, 9.17) is 16.3 Å². The lowest BCUT2D eigenvalue weighted by Gasteiger charge is -2.38. The first kappa shape index (κ1) is 15.9. The Morgan fingerprint density at radius 1 is 1.25 bits per heavy atom. The zero-order valence-corrected chi connectivity index (χ0v) is 13.7. The van der Waals surface area contributed by atoms with Gasteiger partial charge in [0.2, 0.25) is 0 Å². The smallest absolute Gasteiger partial charge is 0.168 e. The highest BCUT2D eigenvalue weighted by molar-refractivity contribution is 5.78. The summed E-state index contributed by atoms with van der Waals surface area (Å²) in [5.74, 6) is 6.04. The van der Waals surface area contributed by atoms with Crippen molar-refractivity contribution in [3.8, 4) is 5.75 Å². The summed E-state index contributed by atoms with van der Waals surface area (Å²) in [6.45, 7) is 1.39. The van der Waals surface area contributed by atoms with Crippen LogP contribution in [-0.2, 0) is 6.54 Å². The van der Waals surface area contributed by atoms with Gasteiger partial charge in [0.1, 0.15) is 11.9 Å². The van der Waals surface area contributed by atoms with Gasteiger partial charge in [0.15, 0.2) is 11.6 Å². The maximum absolute atomic E-state index is 14.8. The van der Waals surface area contributed by atoms with Crippen molar-refractivity contribution >= 4 is 11.4 Å². The topological polar surface area (TPSA) is 71.0 Å². The van der Waals surface area contributed by atoms with Crippen LogP contribution in [0.2, 0.25) is 0 Å². The highest BCUT2D eigenvalue weighted by Crippen LogP contribution is 2.48. The highest BCUT2D eigenvalue weighted by Gasteiger charge is 2.40. The van der Waals surface area contributed by atoms with E-state index in [1.807, 2.05) is 0 Å². The van der Waals surface area contributed by atoms with E-state index in [9.17, 15) is 8.78 Å². The fourth-order valence-corrected chi connectivity index (χ4v) is 3.77. The van der Waals surface area contributed by atoms with E-state index in [0.29, 0.717) is 30.7 Å². The lowest BCUT2D eigenvalue weighted by atomic mass is 10.1. The van der Waals surface area contributed by atoms with Gasteiger partial charge in [0.25, 0.3) is 0 Å². The molecule has 0 amide bonds. The highest BCUT2D eigenvalue weighted by atomic mass is 19.1. The molecule has 1 aromatic carbocycles. The fourth-order valence-electron chi connectivity index (χ4n) is 3.77. The third-order valence-electron chi connectivity index (χ3n) is 5.05. The Balaban J connectivity index is 1.82. The van der Waals surface area contributed by atoms with Crippen LogP contribution in [0, 0.1) is 5.82 Å². The van der Waals surface area contributed by atoms with E-state index < -0.39 is 18.0 Å². The number of nitrogens with zero attached hydrogens (tertiary/aromatic N) is 3. The van der Waals surface area contributed by atoms with Crippen molar-refractivity contribution in [2.75, 3.05) is 36.7 Å². The van der Waals surface area contributed by atoms with E-state index in [0.717, 1.165) is 24.1 Å². The van der Waals surface area contributed by atoms with Crippen molar-refractivity contribution < 1.29 is 13.5 Å². The maximum atomic E-state index is 14.8. The molecule has 0 aromatic heterocycles. The van der Waals surface area contributed by atoms with E-state index in [1.165, 1.54) is 13.2 Å². The Labute approximate surface area is 139 Å². The van der Waals surface area contributed by atoms with E-state index in [2.05, 4.69) is 4.90 Å². The summed E-state index contributed by atoms with van der Waals surface area (Å²) in [5, 5.41) is 1.67. The van der Waals surface area contributed by atoms with E-state index >= 15 is 0 Å². The third kappa shape index (κ3) is 2.49. The van der Waals surface area contributed by atoms with Crippen LogP contribution in [-0.4, -0.2) is 50.1 Å². The van der Waals surface area contributed by atoms with Gasteiger partial charge < -0.3 is 20.3 Å². The van der Waals surface area contributed by atoms with Crippen molar-refractivity contribution in [3.05, 3.63) is 17.4 Å². The van der Waals surface area contributed by atoms with E-state index in [1.54, 1.807) is 9.91 Å². The molecule has 2 fully saturated rings. The van der Waals surface area contributed by atoms with Crippen LogP contribution in [0.25, 0.3) is 0 Å². The number of hydrazine groups is 1. The van der Waals surface area contributed by atoms with Crippen molar-refractivity contribution in [2.24, 2.45) is 11.6 Å². The Morgan fingerprint density at radius 2 is 2.00 bits per heavy atom. The van der Waals surface area contributed by atoms with Gasteiger partial charge in [-0.25, -0.2) is 13.8 Å². The molecule has 24 heavy (non-hydrogen) atoms. The predicted octanol–water partition coefficient (Wildman–Crippen LogP) is 0.935. The number of nitrogens with two attached hydrogens (primary N) is 2. The standard InChI is InChI=1S/C16H23F2N5O/c1-24-16-14-9(5-22(20)8-23(14)10-2-3-10)4-11(17)15(16)21-6-12(18)13(19)7-21/h4,10,12-13H,2-3,5-8,19-20H2,1H3. The molecule has 4 N–H and O–H groups in total. The van der Waals surface area contributed by atoms with Gasteiger partial charge in [-0.15, -0.1) is 0 Å². The van der Waals surface area contributed by atoms with Gasteiger partial charge in [-0.2, -0.15) is 0 Å². The summed E-state index contributed by atoms with van der Waals surface area (Å²) >= 11 is 0. The van der Waals surface area contributed by atoms with Crippen LogP contribution in [0.15, 0.2) is 6.07 Å². The fraction of sp³-hybridized carbons (Fsp3) is 0.625. The molecule has 1 aromatic rings. The average Bonchev–Trinajstić information content (AvgIpc) is 3.31. The van der Waals surface area contributed by atoms with Gasteiger partial charge in [-0.05, 0) is 24.5 Å². The number of rotatable bonds is 3. The molecular weight excluding hydrogens is 316 g/mol. The SMILES string of the molecule is COc1c(N2CC(N)C(F)C2)c(F)cc2c1N(C1CC1)CN(N)C2. The molecule has 0 radical (unpaired) electrons. The second kappa shape index (κ2) is 5.72. The van der Waals surface area contributed by atoms with Crippen LogP contribution >= 0.6 is 0 Å². The van der Waals surface area contributed by atoms with Gasteiger partial charge in [-0.3, -0.25) is 5.84 Å². The van der Waals surface area contributed by atoms with Gasteiger partial charge in [0, 0.05) is 19.1 Å². The quantitative estimate of drug-likeness (QED) is 0.799. The number of fused-ring (bicyclic) bond motifs is 1. The molecule has 0 spiro atoms. The molecule has 1 aliphatic carbocycles. The molecular formula is C16H23F2N5O. The molecule has 1 saturated heterocycles. The second-order valence-corrected chi connectivity index (χ2v) is 6.92. The zero-order valence-electron chi connectivity index (χ0n) is 13.7. The number of alkyl halides is 1. The summed E-state index contributed by atoms with van der Waals surface area (Å²) < 4.78 is 34.3. The summed E-state index contributed by atoms with van der Waals surface area (Å²) in [7, 11) is 1.53. The molecule has 2 unspecified atom stereocenters. The monoisotopic (exact) mass is 339 g/mol. The summed E-state index contributed by atoms with van der Waals surface area (Å²) in [4.78, 5) is 3.83. The summed E-state index contributed by atoms with van der Waals surface area (Å²) in [6.07, 6.45) is 1.01.